The summed E-state index contributed by atoms with van der Waals surface area (Å²) in [4.78, 5) is 28.4. The Morgan fingerprint density at radius 3 is 2.29 bits per heavy atom. The third-order valence-corrected chi connectivity index (χ3v) is 3.73. The van der Waals surface area contributed by atoms with Gasteiger partial charge in [-0.25, -0.2) is 4.79 Å². The number of rotatable bonds is 1. The van der Waals surface area contributed by atoms with Crippen LogP contribution >= 0.6 is 0 Å². The lowest BCUT2D eigenvalue weighted by molar-refractivity contribution is -0.146. The SMILES string of the molecule is CC1CN(C(=O)N2CC(C(=O)O)C2)CCN1C. The zero-order valence-corrected chi connectivity index (χ0v) is 10.3. The molecule has 17 heavy (non-hydrogen) atoms. The van der Waals surface area contributed by atoms with Gasteiger partial charge in [0.2, 0.25) is 0 Å². The van der Waals surface area contributed by atoms with Gasteiger partial charge in [0.25, 0.3) is 0 Å². The standard InChI is InChI=1S/C11H19N3O3/c1-8-5-13(4-3-12(8)2)11(17)14-6-9(7-14)10(15)16/h8-9H,3-7H2,1-2H3,(H,15,16). The lowest BCUT2D eigenvalue weighted by Gasteiger charge is -2.44. The fourth-order valence-corrected chi connectivity index (χ4v) is 2.21. The minimum Gasteiger partial charge on any atom is -0.481 e. The van der Waals surface area contributed by atoms with E-state index in [1.54, 1.807) is 4.90 Å². The first-order chi connectivity index (χ1) is 7.99. The Labute approximate surface area is 101 Å². The van der Waals surface area contributed by atoms with Crippen molar-refractivity contribution in [1.82, 2.24) is 14.7 Å². The zero-order chi connectivity index (χ0) is 12.6. The van der Waals surface area contributed by atoms with Gasteiger partial charge >= 0.3 is 12.0 Å². The predicted molar refractivity (Wildman–Crippen MR) is 61.8 cm³/mol. The highest BCUT2D eigenvalue weighted by atomic mass is 16.4. The summed E-state index contributed by atoms with van der Waals surface area (Å²) in [7, 11) is 2.05. The van der Waals surface area contributed by atoms with Crippen LogP contribution in [-0.4, -0.2) is 77.6 Å². The summed E-state index contributed by atoms with van der Waals surface area (Å²) in [6, 6.07) is 0.353. The maximum Gasteiger partial charge on any atom is 0.320 e. The van der Waals surface area contributed by atoms with Crippen molar-refractivity contribution in [2.45, 2.75) is 13.0 Å². The number of likely N-dealkylation sites (N-methyl/N-ethyl adjacent to an activating group) is 1. The average molecular weight is 241 g/mol. The molecular formula is C11H19N3O3. The van der Waals surface area contributed by atoms with Gasteiger partial charge in [0.15, 0.2) is 0 Å². The van der Waals surface area contributed by atoms with E-state index in [-0.39, 0.29) is 11.9 Å². The fraction of sp³-hybridized carbons (Fsp3) is 0.818. The molecule has 2 saturated heterocycles. The van der Waals surface area contributed by atoms with Gasteiger partial charge in [0, 0.05) is 38.8 Å². The molecule has 2 fully saturated rings. The summed E-state index contributed by atoms with van der Waals surface area (Å²) in [5.41, 5.74) is 0. The smallest absolute Gasteiger partial charge is 0.320 e. The van der Waals surface area contributed by atoms with E-state index in [1.165, 1.54) is 0 Å². The van der Waals surface area contributed by atoms with E-state index >= 15 is 0 Å². The molecule has 6 nitrogen and oxygen atoms in total. The van der Waals surface area contributed by atoms with Crippen LogP contribution in [0.25, 0.3) is 0 Å². The topological polar surface area (TPSA) is 64.1 Å². The zero-order valence-electron chi connectivity index (χ0n) is 10.3. The van der Waals surface area contributed by atoms with Crippen LogP contribution < -0.4 is 0 Å². The van der Waals surface area contributed by atoms with Crippen LogP contribution in [0.5, 0.6) is 0 Å². The molecule has 0 radical (unpaired) electrons. The molecule has 6 heteroatoms. The van der Waals surface area contributed by atoms with Crippen molar-refractivity contribution in [3.8, 4) is 0 Å². The highest BCUT2D eigenvalue weighted by Gasteiger charge is 2.38. The molecule has 0 aromatic rings. The second kappa shape index (κ2) is 4.52. The summed E-state index contributed by atoms with van der Waals surface area (Å²) >= 11 is 0. The first-order valence-corrected chi connectivity index (χ1v) is 5.96. The summed E-state index contributed by atoms with van der Waals surface area (Å²) in [5, 5.41) is 8.76. The van der Waals surface area contributed by atoms with E-state index in [9.17, 15) is 9.59 Å². The van der Waals surface area contributed by atoms with E-state index in [4.69, 9.17) is 5.11 Å². The average Bonchev–Trinajstić information content (AvgIpc) is 2.19. The second-order valence-electron chi connectivity index (χ2n) is 5.00. The van der Waals surface area contributed by atoms with Crippen LogP contribution in [0.1, 0.15) is 6.92 Å². The fourth-order valence-electron chi connectivity index (χ4n) is 2.21. The van der Waals surface area contributed by atoms with Crippen LogP contribution in [-0.2, 0) is 4.79 Å². The van der Waals surface area contributed by atoms with Crippen molar-refractivity contribution in [2.24, 2.45) is 5.92 Å². The predicted octanol–water partition coefficient (Wildman–Crippen LogP) is -0.241. The normalized spacial score (nSPS) is 26.8. The molecule has 2 amide bonds. The molecule has 0 saturated carbocycles. The Balaban J connectivity index is 1.84. The molecular weight excluding hydrogens is 222 g/mol. The van der Waals surface area contributed by atoms with Crippen molar-refractivity contribution < 1.29 is 14.7 Å². The first-order valence-electron chi connectivity index (χ1n) is 5.96. The number of hydrogen-bond donors (Lipinski definition) is 1. The summed E-state index contributed by atoms with van der Waals surface area (Å²) in [5.74, 6) is -1.18. The van der Waals surface area contributed by atoms with Gasteiger partial charge in [0.1, 0.15) is 0 Å². The van der Waals surface area contributed by atoms with Crippen molar-refractivity contribution in [2.75, 3.05) is 39.8 Å². The molecule has 1 atom stereocenters. The number of amides is 2. The van der Waals surface area contributed by atoms with Gasteiger partial charge < -0.3 is 19.8 Å². The number of aliphatic carboxylic acids is 1. The second-order valence-corrected chi connectivity index (χ2v) is 5.00. The lowest BCUT2D eigenvalue weighted by Crippen LogP contribution is -2.61. The Kier molecular flexibility index (Phi) is 3.24. The Hall–Kier alpha value is -1.30. The molecule has 1 unspecified atom stereocenters. The van der Waals surface area contributed by atoms with Gasteiger partial charge in [-0.05, 0) is 14.0 Å². The minimum absolute atomic E-state index is 0.0116. The molecule has 0 aromatic carbocycles. The summed E-state index contributed by atoms with van der Waals surface area (Å²) in [6.45, 7) is 5.14. The highest BCUT2D eigenvalue weighted by Crippen LogP contribution is 2.19. The highest BCUT2D eigenvalue weighted by molar-refractivity contribution is 5.80. The molecule has 1 N–H and O–H groups in total. The van der Waals surface area contributed by atoms with Crippen LogP contribution in [0.4, 0.5) is 4.79 Å². The molecule has 96 valence electrons. The van der Waals surface area contributed by atoms with Gasteiger partial charge in [-0.15, -0.1) is 0 Å². The lowest BCUT2D eigenvalue weighted by atomic mass is 10.0. The number of urea groups is 1. The summed E-state index contributed by atoms with van der Waals surface area (Å²) in [6.07, 6.45) is 0. The molecule has 0 aromatic heterocycles. The van der Waals surface area contributed by atoms with Crippen molar-refractivity contribution in [3.05, 3.63) is 0 Å². The third-order valence-electron chi connectivity index (χ3n) is 3.73. The van der Waals surface area contributed by atoms with Gasteiger partial charge in [-0.2, -0.15) is 0 Å². The maximum absolute atomic E-state index is 12.0. The van der Waals surface area contributed by atoms with Crippen LogP contribution in [0.2, 0.25) is 0 Å². The molecule has 2 heterocycles. The first kappa shape index (κ1) is 12.2. The van der Waals surface area contributed by atoms with Crippen LogP contribution in [0.3, 0.4) is 0 Å². The number of carboxylic acid groups (broad SMARTS) is 1. The van der Waals surface area contributed by atoms with Crippen molar-refractivity contribution in [1.29, 1.82) is 0 Å². The number of carbonyl (C=O) groups is 2. The molecule has 2 aliphatic rings. The van der Waals surface area contributed by atoms with E-state index in [0.29, 0.717) is 19.1 Å². The number of hydrogen-bond acceptors (Lipinski definition) is 3. The van der Waals surface area contributed by atoms with Gasteiger partial charge in [-0.1, -0.05) is 0 Å². The quantitative estimate of drug-likeness (QED) is 0.688. The van der Waals surface area contributed by atoms with E-state index in [2.05, 4.69) is 18.9 Å². The number of carbonyl (C=O) groups excluding carboxylic acids is 1. The third kappa shape index (κ3) is 2.36. The molecule has 0 spiro atoms. The van der Waals surface area contributed by atoms with Crippen molar-refractivity contribution >= 4 is 12.0 Å². The Morgan fingerprint density at radius 1 is 1.12 bits per heavy atom. The van der Waals surface area contributed by atoms with Crippen LogP contribution in [0, 0.1) is 5.92 Å². The minimum atomic E-state index is -0.805. The summed E-state index contributed by atoms with van der Waals surface area (Å²) < 4.78 is 0. The van der Waals surface area contributed by atoms with E-state index in [1.807, 2.05) is 4.90 Å². The largest absolute Gasteiger partial charge is 0.481 e. The van der Waals surface area contributed by atoms with Crippen LogP contribution in [0.15, 0.2) is 0 Å². The molecule has 2 aliphatic heterocycles. The monoisotopic (exact) mass is 241 g/mol. The molecule has 0 aliphatic carbocycles. The molecule has 0 bridgehead atoms. The maximum atomic E-state index is 12.0. The van der Waals surface area contributed by atoms with E-state index < -0.39 is 5.97 Å². The van der Waals surface area contributed by atoms with Crippen molar-refractivity contribution in [3.63, 3.8) is 0 Å². The molecule has 2 rings (SSSR count). The number of piperazine rings is 1. The number of carboxylic acids is 1. The van der Waals surface area contributed by atoms with E-state index in [0.717, 1.165) is 19.6 Å². The Bertz CT molecular complexity index is 328. The Morgan fingerprint density at radius 2 is 1.76 bits per heavy atom. The van der Waals surface area contributed by atoms with Gasteiger partial charge in [0.05, 0.1) is 5.92 Å². The van der Waals surface area contributed by atoms with Gasteiger partial charge in [-0.3, -0.25) is 4.79 Å². The number of nitrogens with zero attached hydrogens (tertiary/aromatic N) is 3. The number of likely N-dealkylation sites (tertiary alicyclic amines) is 1.